The van der Waals surface area contributed by atoms with Gasteiger partial charge < -0.3 is 68.1 Å². The highest BCUT2D eigenvalue weighted by atomic mass is 127. The van der Waals surface area contributed by atoms with Gasteiger partial charge in [-0.1, -0.05) is 27.7 Å². The number of halogens is 2. The van der Waals surface area contributed by atoms with E-state index in [0.717, 1.165) is 49.9 Å². The third-order valence-electron chi connectivity index (χ3n) is 4.69. The van der Waals surface area contributed by atoms with E-state index in [2.05, 4.69) is 38.3 Å². The Hall–Kier alpha value is 0.200. The molecule has 0 radical (unpaired) electrons. The van der Waals surface area contributed by atoms with Crippen LogP contribution in [-0.2, 0) is 0 Å². The van der Waals surface area contributed by atoms with Crippen molar-refractivity contribution in [3.05, 3.63) is 24.3 Å². The average Bonchev–Trinajstić information content (AvgIpc) is 2.63. The fraction of sp³-hybridized carbons (Fsp3) is 0.700. The van der Waals surface area contributed by atoms with E-state index in [-0.39, 0.29) is 48.0 Å². The molecule has 1 aromatic carbocycles. The minimum Gasteiger partial charge on any atom is -1.00 e. The van der Waals surface area contributed by atoms with Gasteiger partial charge in [0, 0.05) is 0 Å². The Kier molecular flexibility index (Phi) is 20.3. The Labute approximate surface area is 194 Å². The summed E-state index contributed by atoms with van der Waals surface area (Å²) >= 11 is 0. The van der Waals surface area contributed by atoms with E-state index >= 15 is 0 Å². The highest BCUT2D eigenvalue weighted by Crippen LogP contribution is 2.17. The number of hydrogen-bond acceptors (Lipinski definition) is 2. The molecule has 1 aromatic rings. The van der Waals surface area contributed by atoms with E-state index in [4.69, 9.17) is 9.47 Å². The Balaban J connectivity index is 0. The van der Waals surface area contributed by atoms with Gasteiger partial charge in [-0.3, -0.25) is 0 Å². The quantitative estimate of drug-likeness (QED) is 0.171. The van der Waals surface area contributed by atoms with Gasteiger partial charge in [-0.05, 0) is 49.9 Å². The number of hydrogen-bond donors (Lipinski definition) is 2. The monoisotopic (exact) mass is 592 g/mol. The zero-order valence-corrected chi connectivity index (χ0v) is 21.2. The first kappa shape index (κ1) is 28.4. The molecule has 0 saturated carbocycles. The smallest absolute Gasteiger partial charge is 0.137 e. The number of quaternary nitrogens is 2. The standard InChI is InChI=1S/C20H36N2O2.2HI/c1-5-17(6-2)21-13-15-23-19-9-11-20(12-10-19)24-16-14-22-18(7-3)8-4;;/h9-12,17-18,21-22H,5-8,13-16H2,1-4H3;2*1H. The van der Waals surface area contributed by atoms with Gasteiger partial charge in [0.05, 0.1) is 12.1 Å². The van der Waals surface area contributed by atoms with Crippen LogP contribution >= 0.6 is 0 Å². The lowest BCUT2D eigenvalue weighted by Gasteiger charge is -2.13. The molecule has 0 atom stereocenters. The van der Waals surface area contributed by atoms with E-state index in [0.29, 0.717) is 0 Å². The summed E-state index contributed by atoms with van der Waals surface area (Å²) in [5.41, 5.74) is 0. The van der Waals surface area contributed by atoms with Crippen molar-refractivity contribution in [3.63, 3.8) is 0 Å². The van der Waals surface area contributed by atoms with Gasteiger partial charge in [0.2, 0.25) is 0 Å². The van der Waals surface area contributed by atoms with E-state index in [1.54, 1.807) is 0 Å². The van der Waals surface area contributed by atoms with E-state index in [9.17, 15) is 0 Å². The summed E-state index contributed by atoms with van der Waals surface area (Å²) in [6, 6.07) is 9.43. The molecule has 0 aliphatic heterocycles. The highest BCUT2D eigenvalue weighted by Gasteiger charge is 2.06. The van der Waals surface area contributed by atoms with Gasteiger partial charge in [-0.2, -0.15) is 0 Å². The molecule has 0 aliphatic carbocycles. The van der Waals surface area contributed by atoms with Crippen molar-refractivity contribution in [2.24, 2.45) is 0 Å². The summed E-state index contributed by atoms with van der Waals surface area (Å²) < 4.78 is 11.6. The maximum absolute atomic E-state index is 5.79. The summed E-state index contributed by atoms with van der Waals surface area (Å²) in [5, 5.41) is 4.77. The molecular formula is C20H38I2N2O2. The first-order valence-electron chi connectivity index (χ1n) is 9.75. The normalized spacial score (nSPS) is 10.4. The molecule has 0 amide bonds. The molecule has 4 N–H and O–H groups in total. The fourth-order valence-electron chi connectivity index (χ4n) is 2.84. The van der Waals surface area contributed by atoms with Crippen LogP contribution in [0.1, 0.15) is 53.4 Å². The summed E-state index contributed by atoms with van der Waals surface area (Å²) in [7, 11) is 0. The van der Waals surface area contributed by atoms with Crippen LogP contribution in [0.15, 0.2) is 24.3 Å². The third-order valence-corrected chi connectivity index (χ3v) is 4.69. The first-order valence-corrected chi connectivity index (χ1v) is 9.75. The predicted molar refractivity (Wildman–Crippen MR) is 99.8 cm³/mol. The Bertz CT molecular complexity index is 372. The molecule has 4 nitrogen and oxygen atoms in total. The fourth-order valence-corrected chi connectivity index (χ4v) is 2.84. The molecule has 0 aromatic heterocycles. The molecule has 0 fully saturated rings. The van der Waals surface area contributed by atoms with Crippen LogP contribution < -0.4 is 68.1 Å². The number of benzene rings is 1. The summed E-state index contributed by atoms with van der Waals surface area (Å²) in [4.78, 5) is 0. The lowest BCUT2D eigenvalue weighted by atomic mass is 10.2. The Morgan fingerprint density at radius 1 is 0.654 bits per heavy atom. The van der Waals surface area contributed by atoms with Gasteiger partial charge in [0.25, 0.3) is 0 Å². The zero-order chi connectivity index (χ0) is 17.6. The predicted octanol–water partition coefficient (Wildman–Crippen LogP) is -4.04. The van der Waals surface area contributed by atoms with Gasteiger partial charge in [-0.15, -0.1) is 0 Å². The van der Waals surface area contributed by atoms with Crippen molar-refractivity contribution in [1.29, 1.82) is 0 Å². The van der Waals surface area contributed by atoms with Crippen molar-refractivity contribution in [3.8, 4) is 11.5 Å². The molecule has 0 unspecified atom stereocenters. The average molecular weight is 592 g/mol. The number of nitrogens with two attached hydrogens (primary N) is 2. The molecule has 0 spiro atoms. The Morgan fingerprint density at radius 2 is 0.962 bits per heavy atom. The van der Waals surface area contributed by atoms with Crippen LogP contribution in [0.3, 0.4) is 0 Å². The molecule has 0 aliphatic rings. The van der Waals surface area contributed by atoms with Crippen molar-refractivity contribution in [2.75, 3.05) is 26.3 Å². The molecule has 154 valence electrons. The number of rotatable bonds is 14. The lowest BCUT2D eigenvalue weighted by molar-refractivity contribution is -0.690. The van der Waals surface area contributed by atoms with E-state index in [1.807, 2.05) is 24.3 Å². The molecule has 1 rings (SSSR count). The van der Waals surface area contributed by atoms with Crippen molar-refractivity contribution < 1.29 is 68.1 Å². The molecule has 0 saturated heterocycles. The largest absolute Gasteiger partial charge is 1.00 e. The van der Waals surface area contributed by atoms with Crippen LogP contribution in [-0.4, -0.2) is 38.4 Å². The molecule has 0 heterocycles. The van der Waals surface area contributed by atoms with E-state index in [1.165, 1.54) is 25.7 Å². The van der Waals surface area contributed by atoms with Crippen LogP contribution in [0, 0.1) is 0 Å². The minimum atomic E-state index is 0. The summed E-state index contributed by atoms with van der Waals surface area (Å²) in [6.07, 6.45) is 4.88. The summed E-state index contributed by atoms with van der Waals surface area (Å²) in [5.74, 6) is 1.84. The van der Waals surface area contributed by atoms with Crippen LogP contribution in [0.25, 0.3) is 0 Å². The van der Waals surface area contributed by atoms with Crippen LogP contribution in [0.2, 0.25) is 0 Å². The summed E-state index contributed by atoms with van der Waals surface area (Å²) in [6.45, 7) is 12.5. The molecule has 6 heteroatoms. The third kappa shape index (κ3) is 12.6. The topological polar surface area (TPSA) is 51.7 Å². The lowest BCUT2D eigenvalue weighted by Crippen LogP contribution is -3.00. The second-order valence-corrected chi connectivity index (χ2v) is 6.37. The van der Waals surface area contributed by atoms with Gasteiger partial charge in [-0.25, -0.2) is 0 Å². The molecular weight excluding hydrogens is 554 g/mol. The van der Waals surface area contributed by atoms with Gasteiger partial charge in [0.15, 0.2) is 0 Å². The van der Waals surface area contributed by atoms with E-state index < -0.39 is 0 Å². The van der Waals surface area contributed by atoms with Crippen molar-refractivity contribution in [2.45, 2.75) is 65.5 Å². The maximum Gasteiger partial charge on any atom is 0.137 e. The minimum absolute atomic E-state index is 0. The SMILES string of the molecule is CCC(CC)[NH2+]CCOc1ccc(OCC[NH2+]C(CC)CC)cc1.[I-].[I-]. The maximum atomic E-state index is 5.79. The second kappa shape index (κ2) is 18.6. The second-order valence-electron chi connectivity index (χ2n) is 6.37. The molecule has 26 heavy (non-hydrogen) atoms. The van der Waals surface area contributed by atoms with Crippen LogP contribution in [0.4, 0.5) is 0 Å². The molecule has 0 bridgehead atoms. The zero-order valence-electron chi connectivity index (χ0n) is 16.8. The number of ether oxygens (including phenoxy) is 2. The Morgan fingerprint density at radius 3 is 1.23 bits per heavy atom. The van der Waals surface area contributed by atoms with Crippen molar-refractivity contribution >= 4 is 0 Å². The van der Waals surface area contributed by atoms with Crippen LogP contribution in [0.5, 0.6) is 11.5 Å². The van der Waals surface area contributed by atoms with Crippen molar-refractivity contribution in [1.82, 2.24) is 0 Å². The highest BCUT2D eigenvalue weighted by molar-refractivity contribution is 5.31. The first-order chi connectivity index (χ1) is 11.7. The van der Waals surface area contributed by atoms with Gasteiger partial charge >= 0.3 is 0 Å². The van der Waals surface area contributed by atoms with Gasteiger partial charge in [0.1, 0.15) is 37.8 Å².